The van der Waals surface area contributed by atoms with Crippen LogP contribution in [-0.4, -0.2) is 48.2 Å². The van der Waals surface area contributed by atoms with Crippen molar-refractivity contribution in [3.05, 3.63) is 58.3 Å². The number of H-pyrrole nitrogens is 1. The minimum atomic E-state index is -0.158. The van der Waals surface area contributed by atoms with Gasteiger partial charge in [0.2, 0.25) is 0 Å². The van der Waals surface area contributed by atoms with E-state index in [1.165, 1.54) is 0 Å². The van der Waals surface area contributed by atoms with E-state index in [1.54, 1.807) is 19.2 Å². The molecule has 0 saturated carbocycles. The number of rotatable bonds is 4. The molecular weight excluding hydrogens is 330 g/mol. The van der Waals surface area contributed by atoms with Crippen LogP contribution in [0.15, 0.2) is 41.3 Å². The van der Waals surface area contributed by atoms with Crippen molar-refractivity contribution in [1.82, 2.24) is 20.3 Å². The number of fused-ring (bicyclic) bond motifs is 1. The Balaban J connectivity index is 1.56. The number of hydrogen-bond acceptors (Lipinski definition) is 6. The van der Waals surface area contributed by atoms with Crippen LogP contribution in [0.25, 0.3) is 10.9 Å². The number of anilines is 1. The maximum Gasteiger partial charge on any atom is 0.258 e. The molecule has 3 aromatic rings. The zero-order valence-electron chi connectivity index (χ0n) is 14.7. The lowest BCUT2D eigenvalue weighted by Gasteiger charge is -2.28. The van der Waals surface area contributed by atoms with Crippen LogP contribution < -0.4 is 20.5 Å². The van der Waals surface area contributed by atoms with Gasteiger partial charge in [-0.25, -0.2) is 9.97 Å². The normalized spacial score (nSPS) is 14.6. The van der Waals surface area contributed by atoms with Crippen molar-refractivity contribution >= 4 is 16.7 Å². The predicted octanol–water partition coefficient (Wildman–Crippen LogP) is 1.33. The Morgan fingerprint density at radius 2 is 2.04 bits per heavy atom. The molecule has 0 amide bonds. The van der Waals surface area contributed by atoms with Crippen LogP contribution in [-0.2, 0) is 6.42 Å². The van der Waals surface area contributed by atoms with E-state index < -0.39 is 0 Å². The first kappa shape index (κ1) is 16.5. The molecule has 0 atom stereocenters. The predicted molar refractivity (Wildman–Crippen MR) is 101 cm³/mol. The quantitative estimate of drug-likeness (QED) is 0.738. The minimum absolute atomic E-state index is 0.158. The molecule has 2 N–H and O–H groups in total. The van der Waals surface area contributed by atoms with Crippen molar-refractivity contribution in [2.75, 3.05) is 38.2 Å². The van der Waals surface area contributed by atoms with Crippen LogP contribution in [0.2, 0.25) is 0 Å². The maximum absolute atomic E-state index is 12.3. The first-order valence-electron chi connectivity index (χ1n) is 8.70. The molecule has 0 bridgehead atoms. The Labute approximate surface area is 151 Å². The lowest BCUT2D eigenvalue weighted by Crippen LogP contribution is -2.43. The first-order chi connectivity index (χ1) is 12.7. The van der Waals surface area contributed by atoms with Crippen molar-refractivity contribution in [3.63, 3.8) is 0 Å². The summed E-state index contributed by atoms with van der Waals surface area (Å²) >= 11 is 0. The molecule has 0 unspecified atom stereocenters. The number of methoxy groups -OCH3 is 1. The van der Waals surface area contributed by atoms with Gasteiger partial charge < -0.3 is 19.9 Å². The molecule has 1 aromatic carbocycles. The van der Waals surface area contributed by atoms with Crippen molar-refractivity contribution in [2.45, 2.75) is 6.42 Å². The Morgan fingerprint density at radius 3 is 2.77 bits per heavy atom. The average Bonchev–Trinajstić information content (AvgIpc) is 2.69. The third-order valence-corrected chi connectivity index (χ3v) is 4.58. The van der Waals surface area contributed by atoms with Crippen LogP contribution in [0.1, 0.15) is 11.4 Å². The smallest absolute Gasteiger partial charge is 0.258 e. The molecule has 26 heavy (non-hydrogen) atoms. The monoisotopic (exact) mass is 351 g/mol. The third kappa shape index (κ3) is 3.39. The molecule has 1 aliphatic heterocycles. The van der Waals surface area contributed by atoms with Crippen molar-refractivity contribution in [2.24, 2.45) is 0 Å². The lowest BCUT2D eigenvalue weighted by atomic mass is 10.2. The molecule has 2 aromatic heterocycles. The molecule has 1 fully saturated rings. The number of piperazine rings is 1. The molecule has 7 heteroatoms. The van der Waals surface area contributed by atoms with Crippen LogP contribution in [0.4, 0.5) is 5.82 Å². The van der Waals surface area contributed by atoms with E-state index in [2.05, 4.69) is 25.2 Å². The summed E-state index contributed by atoms with van der Waals surface area (Å²) in [4.78, 5) is 26.6. The van der Waals surface area contributed by atoms with E-state index in [-0.39, 0.29) is 5.56 Å². The fourth-order valence-electron chi connectivity index (χ4n) is 3.17. The zero-order valence-corrected chi connectivity index (χ0v) is 14.7. The number of nitrogens with zero attached hydrogens (tertiary/aromatic N) is 3. The van der Waals surface area contributed by atoms with Gasteiger partial charge in [0.1, 0.15) is 17.4 Å². The second-order valence-corrected chi connectivity index (χ2v) is 6.33. The molecule has 0 spiro atoms. The van der Waals surface area contributed by atoms with E-state index in [4.69, 9.17) is 4.74 Å². The van der Waals surface area contributed by atoms with Gasteiger partial charge in [-0.15, -0.1) is 0 Å². The van der Waals surface area contributed by atoms with Crippen LogP contribution >= 0.6 is 0 Å². The van der Waals surface area contributed by atoms with Gasteiger partial charge in [-0.3, -0.25) is 4.79 Å². The van der Waals surface area contributed by atoms with Gasteiger partial charge in [-0.05, 0) is 29.8 Å². The van der Waals surface area contributed by atoms with Crippen molar-refractivity contribution in [1.29, 1.82) is 0 Å². The second-order valence-electron chi connectivity index (χ2n) is 6.33. The fraction of sp³-hybridized carbons (Fsp3) is 0.316. The van der Waals surface area contributed by atoms with E-state index in [0.29, 0.717) is 28.9 Å². The minimum Gasteiger partial charge on any atom is -0.497 e. The number of aromatic amines is 1. The van der Waals surface area contributed by atoms with Gasteiger partial charge in [0, 0.05) is 38.8 Å². The van der Waals surface area contributed by atoms with Gasteiger partial charge in [0.15, 0.2) is 0 Å². The summed E-state index contributed by atoms with van der Waals surface area (Å²) in [6, 6.07) is 9.39. The SMILES string of the molecule is COc1ccc2nc(Cc3ccc(N4CCNCC4)nc3)[nH]c(=O)c2c1. The number of ether oxygens (including phenoxy) is 1. The summed E-state index contributed by atoms with van der Waals surface area (Å²) in [7, 11) is 1.58. The van der Waals surface area contributed by atoms with E-state index in [1.807, 2.05) is 24.4 Å². The van der Waals surface area contributed by atoms with E-state index in [9.17, 15) is 4.79 Å². The standard InChI is InChI=1S/C19H21N5O2/c1-26-14-3-4-16-15(11-14)19(25)23-17(22-16)10-13-2-5-18(21-12-13)24-8-6-20-7-9-24/h2-5,11-12,20H,6-10H2,1H3,(H,22,23,25). The highest BCUT2D eigenvalue weighted by Gasteiger charge is 2.12. The fourth-order valence-corrected chi connectivity index (χ4v) is 3.17. The number of hydrogen-bond donors (Lipinski definition) is 2. The average molecular weight is 351 g/mol. The topological polar surface area (TPSA) is 83.1 Å². The molecule has 134 valence electrons. The Bertz CT molecular complexity index is 962. The van der Waals surface area contributed by atoms with E-state index in [0.717, 1.165) is 37.6 Å². The van der Waals surface area contributed by atoms with Crippen molar-refractivity contribution in [3.8, 4) is 5.75 Å². The third-order valence-electron chi connectivity index (χ3n) is 4.58. The summed E-state index contributed by atoms with van der Waals surface area (Å²) in [5.41, 5.74) is 1.52. The number of aromatic nitrogens is 3. The number of pyridine rings is 1. The molecule has 0 aliphatic carbocycles. The molecule has 1 aliphatic rings. The molecular formula is C19H21N5O2. The Hall–Kier alpha value is -2.93. The summed E-state index contributed by atoms with van der Waals surface area (Å²) in [5, 5.41) is 3.86. The van der Waals surface area contributed by atoms with Gasteiger partial charge >= 0.3 is 0 Å². The summed E-state index contributed by atoms with van der Waals surface area (Å²) < 4.78 is 5.17. The number of benzene rings is 1. The van der Waals surface area contributed by atoms with Crippen LogP contribution in [0.5, 0.6) is 5.75 Å². The Morgan fingerprint density at radius 1 is 1.19 bits per heavy atom. The molecule has 3 heterocycles. The van der Waals surface area contributed by atoms with Gasteiger partial charge in [0.25, 0.3) is 5.56 Å². The lowest BCUT2D eigenvalue weighted by molar-refractivity contribution is 0.415. The molecule has 1 saturated heterocycles. The highest BCUT2D eigenvalue weighted by atomic mass is 16.5. The first-order valence-corrected chi connectivity index (χ1v) is 8.70. The second kappa shape index (κ2) is 7.13. The van der Waals surface area contributed by atoms with Crippen molar-refractivity contribution < 1.29 is 4.74 Å². The van der Waals surface area contributed by atoms with Crippen LogP contribution in [0.3, 0.4) is 0 Å². The summed E-state index contributed by atoms with van der Waals surface area (Å²) in [5.74, 6) is 2.26. The van der Waals surface area contributed by atoms with Gasteiger partial charge in [-0.1, -0.05) is 6.07 Å². The molecule has 0 radical (unpaired) electrons. The van der Waals surface area contributed by atoms with Gasteiger partial charge in [0.05, 0.1) is 18.0 Å². The summed E-state index contributed by atoms with van der Waals surface area (Å²) in [6.07, 6.45) is 2.39. The highest BCUT2D eigenvalue weighted by Crippen LogP contribution is 2.17. The Kier molecular flexibility index (Phi) is 4.53. The maximum atomic E-state index is 12.3. The van der Waals surface area contributed by atoms with E-state index >= 15 is 0 Å². The van der Waals surface area contributed by atoms with Crippen LogP contribution in [0, 0.1) is 0 Å². The molecule has 4 rings (SSSR count). The van der Waals surface area contributed by atoms with Gasteiger partial charge in [-0.2, -0.15) is 0 Å². The summed E-state index contributed by atoms with van der Waals surface area (Å²) in [6.45, 7) is 3.90. The highest BCUT2D eigenvalue weighted by molar-refractivity contribution is 5.79. The number of nitrogens with one attached hydrogen (secondary N) is 2. The zero-order chi connectivity index (χ0) is 17.9. The molecule has 7 nitrogen and oxygen atoms in total. The largest absolute Gasteiger partial charge is 0.497 e.